The molecule has 39 heavy (non-hydrogen) atoms. The SMILES string of the molecule is C=C(F)c1c(/C(C(=O)OC)=C(\O)c2nccnc2OCc2ccc(OC)cc2)cc(Cl)cc1N1CCOCC1. The Morgan fingerprint density at radius 2 is 1.85 bits per heavy atom. The van der Waals surface area contributed by atoms with E-state index in [1.165, 1.54) is 18.5 Å². The third-order valence-electron chi connectivity index (χ3n) is 6.02. The van der Waals surface area contributed by atoms with Gasteiger partial charge in [-0.1, -0.05) is 30.3 Å². The Bertz CT molecular complexity index is 1390. The number of aliphatic hydroxyl groups excluding tert-OH is 1. The van der Waals surface area contributed by atoms with E-state index < -0.39 is 17.6 Å². The zero-order valence-electron chi connectivity index (χ0n) is 21.4. The van der Waals surface area contributed by atoms with Crippen LogP contribution in [0.15, 0.2) is 55.4 Å². The Morgan fingerprint density at radius 3 is 2.49 bits per heavy atom. The molecule has 0 atom stereocenters. The van der Waals surface area contributed by atoms with E-state index >= 15 is 4.39 Å². The highest BCUT2D eigenvalue weighted by atomic mass is 35.5. The van der Waals surface area contributed by atoms with Crippen LogP contribution in [0.3, 0.4) is 0 Å². The third kappa shape index (κ3) is 6.30. The number of ether oxygens (including phenoxy) is 4. The Morgan fingerprint density at radius 1 is 1.15 bits per heavy atom. The molecule has 0 spiro atoms. The van der Waals surface area contributed by atoms with E-state index in [0.717, 1.165) is 12.7 Å². The number of rotatable bonds is 9. The molecular weight excluding hydrogens is 529 g/mol. The summed E-state index contributed by atoms with van der Waals surface area (Å²) in [5.41, 5.74) is 0.640. The highest BCUT2D eigenvalue weighted by molar-refractivity contribution is 6.32. The van der Waals surface area contributed by atoms with Crippen molar-refractivity contribution in [3.05, 3.63) is 82.8 Å². The molecule has 11 heteroatoms. The first kappa shape index (κ1) is 27.9. The van der Waals surface area contributed by atoms with Crippen molar-refractivity contribution in [1.82, 2.24) is 9.97 Å². The second-order valence-electron chi connectivity index (χ2n) is 8.41. The summed E-state index contributed by atoms with van der Waals surface area (Å²) in [6.45, 7) is 5.36. The highest BCUT2D eigenvalue weighted by Crippen LogP contribution is 2.40. The van der Waals surface area contributed by atoms with Crippen molar-refractivity contribution in [3.8, 4) is 11.6 Å². The first-order valence-corrected chi connectivity index (χ1v) is 12.3. The monoisotopic (exact) mass is 555 g/mol. The van der Waals surface area contributed by atoms with Crippen molar-refractivity contribution >= 4 is 40.4 Å². The summed E-state index contributed by atoms with van der Waals surface area (Å²) in [7, 11) is 2.71. The van der Waals surface area contributed by atoms with E-state index in [1.54, 1.807) is 25.3 Å². The number of esters is 1. The lowest BCUT2D eigenvalue weighted by atomic mass is 9.94. The fourth-order valence-corrected chi connectivity index (χ4v) is 4.36. The lowest BCUT2D eigenvalue weighted by Gasteiger charge is -2.31. The number of anilines is 1. The molecule has 0 bridgehead atoms. The van der Waals surface area contributed by atoms with Crippen LogP contribution in [0.25, 0.3) is 17.2 Å². The van der Waals surface area contributed by atoms with E-state index in [4.69, 9.17) is 30.5 Å². The summed E-state index contributed by atoms with van der Waals surface area (Å²) in [6, 6.07) is 10.1. The molecule has 1 N–H and O–H groups in total. The third-order valence-corrected chi connectivity index (χ3v) is 6.24. The zero-order valence-corrected chi connectivity index (χ0v) is 22.2. The van der Waals surface area contributed by atoms with Crippen LogP contribution in [0, 0.1) is 0 Å². The second-order valence-corrected chi connectivity index (χ2v) is 8.85. The number of carbonyl (C=O) groups is 1. The molecule has 0 aliphatic carbocycles. The Kier molecular flexibility index (Phi) is 9.00. The molecular formula is C28H27ClFN3O6. The van der Waals surface area contributed by atoms with Crippen LogP contribution < -0.4 is 14.4 Å². The fourth-order valence-electron chi connectivity index (χ4n) is 4.15. The molecule has 0 unspecified atom stereocenters. The molecule has 1 fully saturated rings. The van der Waals surface area contributed by atoms with E-state index in [1.807, 2.05) is 17.0 Å². The van der Waals surface area contributed by atoms with E-state index in [-0.39, 0.29) is 39.9 Å². The quantitative estimate of drug-likeness (QED) is 0.219. The molecule has 0 saturated carbocycles. The van der Waals surface area contributed by atoms with Crippen LogP contribution in [0.1, 0.15) is 22.4 Å². The summed E-state index contributed by atoms with van der Waals surface area (Å²) >= 11 is 6.43. The minimum atomic E-state index is -0.947. The van der Waals surface area contributed by atoms with Gasteiger partial charge < -0.3 is 29.0 Å². The van der Waals surface area contributed by atoms with Gasteiger partial charge in [0.2, 0.25) is 5.88 Å². The zero-order chi connectivity index (χ0) is 27.9. The first-order chi connectivity index (χ1) is 18.8. The number of aromatic nitrogens is 2. The van der Waals surface area contributed by atoms with Gasteiger partial charge in [-0.3, -0.25) is 0 Å². The number of nitrogens with zero attached hydrogens (tertiary/aromatic N) is 3. The van der Waals surface area contributed by atoms with Gasteiger partial charge in [-0.15, -0.1) is 0 Å². The summed E-state index contributed by atoms with van der Waals surface area (Å²) in [6.07, 6.45) is 2.70. The molecule has 1 aromatic heterocycles. The number of halogens is 2. The molecule has 2 aromatic carbocycles. The van der Waals surface area contributed by atoms with Gasteiger partial charge in [-0.05, 0) is 29.8 Å². The van der Waals surface area contributed by atoms with Gasteiger partial charge in [0, 0.05) is 47.3 Å². The Labute approximate surface area is 230 Å². The van der Waals surface area contributed by atoms with Crippen molar-refractivity contribution in [2.24, 2.45) is 0 Å². The predicted molar refractivity (Wildman–Crippen MR) is 145 cm³/mol. The largest absolute Gasteiger partial charge is 0.505 e. The number of hydrogen-bond donors (Lipinski definition) is 1. The van der Waals surface area contributed by atoms with Gasteiger partial charge in [0.15, 0.2) is 11.5 Å². The van der Waals surface area contributed by atoms with Gasteiger partial charge in [0.25, 0.3) is 0 Å². The van der Waals surface area contributed by atoms with Crippen LogP contribution in [-0.4, -0.2) is 61.6 Å². The van der Waals surface area contributed by atoms with Gasteiger partial charge in [0.1, 0.15) is 23.8 Å². The van der Waals surface area contributed by atoms with E-state index in [0.29, 0.717) is 37.7 Å². The maximum atomic E-state index is 15.1. The van der Waals surface area contributed by atoms with E-state index in [2.05, 4.69) is 16.5 Å². The van der Waals surface area contributed by atoms with Crippen molar-refractivity contribution in [3.63, 3.8) is 0 Å². The van der Waals surface area contributed by atoms with Gasteiger partial charge in [0.05, 0.1) is 27.4 Å². The van der Waals surface area contributed by atoms with Crippen molar-refractivity contribution < 1.29 is 33.2 Å². The van der Waals surface area contributed by atoms with Crippen LogP contribution in [0.5, 0.6) is 11.6 Å². The first-order valence-electron chi connectivity index (χ1n) is 11.9. The topological polar surface area (TPSA) is 103 Å². The Hall–Kier alpha value is -4.15. The number of hydrogen-bond acceptors (Lipinski definition) is 9. The van der Waals surface area contributed by atoms with Gasteiger partial charge in [-0.25, -0.2) is 19.2 Å². The average Bonchev–Trinajstić information content (AvgIpc) is 2.96. The van der Waals surface area contributed by atoms with Crippen LogP contribution in [0.2, 0.25) is 5.02 Å². The molecule has 4 rings (SSSR count). The van der Waals surface area contributed by atoms with Crippen LogP contribution in [0.4, 0.5) is 10.1 Å². The number of methoxy groups -OCH3 is 2. The minimum absolute atomic E-state index is 0.0159. The standard InChI is InChI=1S/C28H27ClFN3O6/c1-17(30)23-21(14-19(29)15-22(23)33-10-12-38-13-11-33)24(28(35)37-3)26(34)25-27(32-9-8-31-25)39-16-18-4-6-20(36-2)7-5-18/h4-9,14-15,34H,1,10-13,16H2,2-3H3/b26-24+. The molecule has 0 amide bonds. The summed E-state index contributed by atoms with van der Waals surface area (Å²) < 4.78 is 36.5. The average molecular weight is 556 g/mol. The van der Waals surface area contributed by atoms with Gasteiger partial charge in [-0.2, -0.15) is 0 Å². The molecule has 1 aliphatic rings. The van der Waals surface area contributed by atoms with Crippen molar-refractivity contribution in [2.45, 2.75) is 6.61 Å². The summed E-state index contributed by atoms with van der Waals surface area (Å²) in [5, 5.41) is 11.6. The molecule has 3 aromatic rings. The molecule has 1 saturated heterocycles. The number of morpholine rings is 1. The van der Waals surface area contributed by atoms with Crippen molar-refractivity contribution in [2.75, 3.05) is 45.4 Å². The number of carbonyl (C=O) groups excluding carboxylic acids is 1. The fraction of sp³-hybridized carbons (Fsp3) is 0.250. The van der Waals surface area contributed by atoms with Crippen LogP contribution >= 0.6 is 11.6 Å². The van der Waals surface area contributed by atoms with Crippen LogP contribution in [-0.2, 0) is 20.9 Å². The normalized spacial score (nSPS) is 13.9. The smallest absolute Gasteiger partial charge is 0.342 e. The molecule has 2 heterocycles. The summed E-state index contributed by atoms with van der Waals surface area (Å²) in [5.74, 6) is -1.77. The van der Waals surface area contributed by atoms with E-state index in [9.17, 15) is 9.90 Å². The predicted octanol–water partition coefficient (Wildman–Crippen LogP) is 5.09. The minimum Gasteiger partial charge on any atom is -0.505 e. The second kappa shape index (κ2) is 12.6. The molecule has 0 radical (unpaired) electrons. The van der Waals surface area contributed by atoms with Gasteiger partial charge >= 0.3 is 5.97 Å². The maximum Gasteiger partial charge on any atom is 0.342 e. The summed E-state index contributed by atoms with van der Waals surface area (Å²) in [4.78, 5) is 23.3. The molecule has 1 aliphatic heterocycles. The lowest BCUT2D eigenvalue weighted by Crippen LogP contribution is -2.36. The Balaban J connectivity index is 1.82. The molecule has 9 nitrogen and oxygen atoms in total. The number of benzene rings is 2. The van der Waals surface area contributed by atoms with Crippen molar-refractivity contribution in [1.29, 1.82) is 0 Å². The molecule has 204 valence electrons. The lowest BCUT2D eigenvalue weighted by molar-refractivity contribution is -0.133. The maximum absolute atomic E-state index is 15.1. The highest BCUT2D eigenvalue weighted by Gasteiger charge is 2.30. The number of aliphatic hydroxyl groups is 1.